The van der Waals surface area contributed by atoms with Crippen LogP contribution in [0.3, 0.4) is 0 Å². The minimum atomic E-state index is -0.108. The van der Waals surface area contributed by atoms with E-state index in [1.807, 2.05) is 18.2 Å². The minimum Gasteiger partial charge on any atom is -0.289 e. The van der Waals surface area contributed by atoms with Crippen LogP contribution in [0, 0.1) is 0 Å². The molecule has 0 aliphatic rings. The first-order valence-electron chi connectivity index (χ1n) is 5.50. The molecule has 0 heterocycles. The topological polar surface area (TPSA) is 17.1 Å². The fourth-order valence-electron chi connectivity index (χ4n) is 1.58. The van der Waals surface area contributed by atoms with Crippen molar-refractivity contribution in [3.63, 3.8) is 0 Å². The molecule has 1 nitrogen and oxygen atoms in total. The Hall–Kier alpha value is -1.09. The molecule has 0 unspecified atom stereocenters. The summed E-state index contributed by atoms with van der Waals surface area (Å²) in [6.45, 7) is 0. The molecule has 2 rings (SSSR count). The molecule has 96 valence electrons. The predicted molar refractivity (Wildman–Crippen MR) is 84.0 cm³/mol. The number of halogens is 3. The molecule has 4 heteroatoms. The van der Waals surface area contributed by atoms with E-state index in [1.165, 1.54) is 6.08 Å². The Morgan fingerprint density at radius 1 is 1.00 bits per heavy atom. The number of hydrogen-bond acceptors (Lipinski definition) is 1. The van der Waals surface area contributed by atoms with Gasteiger partial charge in [-0.2, -0.15) is 0 Å². The van der Waals surface area contributed by atoms with Crippen molar-refractivity contribution in [2.45, 2.75) is 0 Å². The number of benzene rings is 2. The van der Waals surface area contributed by atoms with Gasteiger partial charge < -0.3 is 0 Å². The molecule has 2 aromatic rings. The summed E-state index contributed by atoms with van der Waals surface area (Å²) in [6, 6.07) is 12.5. The molecule has 0 spiro atoms. The van der Waals surface area contributed by atoms with Crippen LogP contribution in [0.2, 0.25) is 10.0 Å². The van der Waals surface area contributed by atoms with Crippen molar-refractivity contribution < 1.29 is 4.79 Å². The SMILES string of the molecule is O=C(C=Cc1c(Cl)cccc1Cl)c1ccccc1Br. The lowest BCUT2D eigenvalue weighted by molar-refractivity contribution is 0.104. The number of carbonyl (C=O) groups excluding carboxylic acids is 1. The third-order valence-corrected chi connectivity index (χ3v) is 3.89. The Kier molecular flexibility index (Phi) is 4.81. The van der Waals surface area contributed by atoms with Crippen molar-refractivity contribution >= 4 is 51.0 Å². The lowest BCUT2D eigenvalue weighted by Gasteiger charge is -2.01. The predicted octanol–water partition coefficient (Wildman–Crippen LogP) is 5.65. The van der Waals surface area contributed by atoms with Crippen LogP contribution < -0.4 is 0 Å². The molecule has 0 atom stereocenters. The highest BCUT2D eigenvalue weighted by Crippen LogP contribution is 2.26. The van der Waals surface area contributed by atoms with Gasteiger partial charge in [-0.1, -0.05) is 57.3 Å². The smallest absolute Gasteiger partial charge is 0.186 e. The number of hydrogen-bond donors (Lipinski definition) is 0. The van der Waals surface area contributed by atoms with Gasteiger partial charge in [-0.25, -0.2) is 0 Å². The van der Waals surface area contributed by atoms with Crippen LogP contribution in [0.15, 0.2) is 53.0 Å². The van der Waals surface area contributed by atoms with Crippen molar-refractivity contribution in [1.29, 1.82) is 0 Å². The van der Waals surface area contributed by atoms with E-state index in [1.54, 1.807) is 30.3 Å². The summed E-state index contributed by atoms with van der Waals surface area (Å²) >= 11 is 15.4. The molecule has 19 heavy (non-hydrogen) atoms. The summed E-state index contributed by atoms with van der Waals surface area (Å²) < 4.78 is 0.759. The largest absolute Gasteiger partial charge is 0.289 e. The molecular formula is C15H9BrCl2O. The lowest BCUT2D eigenvalue weighted by Crippen LogP contribution is -1.95. The van der Waals surface area contributed by atoms with Crippen LogP contribution in [0.5, 0.6) is 0 Å². The lowest BCUT2D eigenvalue weighted by atomic mass is 10.1. The first-order valence-corrected chi connectivity index (χ1v) is 7.05. The molecule has 0 radical (unpaired) electrons. The van der Waals surface area contributed by atoms with E-state index < -0.39 is 0 Å². The number of rotatable bonds is 3. The summed E-state index contributed by atoms with van der Waals surface area (Å²) in [6.07, 6.45) is 3.10. The molecule has 0 fully saturated rings. The zero-order valence-electron chi connectivity index (χ0n) is 9.74. The second kappa shape index (κ2) is 6.38. The van der Waals surface area contributed by atoms with Gasteiger partial charge in [-0.3, -0.25) is 4.79 Å². The summed E-state index contributed by atoms with van der Waals surface area (Å²) in [5, 5.41) is 1.03. The Morgan fingerprint density at radius 3 is 2.26 bits per heavy atom. The van der Waals surface area contributed by atoms with E-state index in [0.717, 1.165) is 4.47 Å². The average Bonchev–Trinajstić information content (AvgIpc) is 2.38. The van der Waals surface area contributed by atoms with Crippen LogP contribution in [0.4, 0.5) is 0 Å². The Bertz CT molecular complexity index is 630. The standard InChI is InChI=1S/C15H9BrCl2O/c16-12-5-2-1-4-10(12)15(19)9-8-11-13(17)6-3-7-14(11)18/h1-9H. The van der Waals surface area contributed by atoms with E-state index in [2.05, 4.69) is 15.9 Å². The number of ketones is 1. The van der Waals surface area contributed by atoms with Crippen LogP contribution in [0.25, 0.3) is 6.08 Å². The summed E-state index contributed by atoms with van der Waals surface area (Å²) in [4.78, 5) is 12.1. The normalized spacial score (nSPS) is 10.9. The first-order chi connectivity index (χ1) is 9.09. The molecule has 0 aromatic heterocycles. The number of allylic oxidation sites excluding steroid dienone is 1. The van der Waals surface area contributed by atoms with Crippen molar-refractivity contribution in [2.24, 2.45) is 0 Å². The third-order valence-electron chi connectivity index (χ3n) is 2.54. The monoisotopic (exact) mass is 354 g/mol. The van der Waals surface area contributed by atoms with Gasteiger partial charge in [-0.05, 0) is 36.4 Å². The quantitative estimate of drug-likeness (QED) is 0.513. The second-order valence-electron chi connectivity index (χ2n) is 3.81. The van der Waals surface area contributed by atoms with Gasteiger partial charge in [0.2, 0.25) is 0 Å². The highest BCUT2D eigenvalue weighted by Gasteiger charge is 2.07. The fraction of sp³-hybridized carbons (Fsp3) is 0. The maximum Gasteiger partial charge on any atom is 0.186 e. The average molecular weight is 356 g/mol. The fourth-order valence-corrected chi connectivity index (χ4v) is 2.58. The highest BCUT2D eigenvalue weighted by molar-refractivity contribution is 9.10. The minimum absolute atomic E-state index is 0.108. The molecule has 0 N–H and O–H groups in total. The van der Waals surface area contributed by atoms with Gasteiger partial charge in [-0.15, -0.1) is 0 Å². The van der Waals surface area contributed by atoms with Crippen LogP contribution in [0.1, 0.15) is 15.9 Å². The van der Waals surface area contributed by atoms with Gasteiger partial charge in [0.1, 0.15) is 0 Å². The summed E-state index contributed by atoms with van der Waals surface area (Å²) in [5.74, 6) is -0.108. The Labute approximate surface area is 130 Å². The summed E-state index contributed by atoms with van der Waals surface area (Å²) in [5.41, 5.74) is 1.24. The van der Waals surface area contributed by atoms with E-state index >= 15 is 0 Å². The molecule has 2 aromatic carbocycles. The molecule has 0 saturated heterocycles. The van der Waals surface area contributed by atoms with Crippen molar-refractivity contribution in [2.75, 3.05) is 0 Å². The number of carbonyl (C=O) groups is 1. The highest BCUT2D eigenvalue weighted by atomic mass is 79.9. The van der Waals surface area contributed by atoms with Crippen LogP contribution in [-0.4, -0.2) is 5.78 Å². The molecule has 0 bridgehead atoms. The maximum atomic E-state index is 12.1. The van der Waals surface area contributed by atoms with E-state index in [0.29, 0.717) is 21.2 Å². The van der Waals surface area contributed by atoms with Crippen LogP contribution in [-0.2, 0) is 0 Å². The molecule has 0 amide bonds. The Morgan fingerprint density at radius 2 is 1.63 bits per heavy atom. The van der Waals surface area contributed by atoms with Gasteiger partial charge in [0.15, 0.2) is 5.78 Å². The molecule has 0 aliphatic carbocycles. The maximum absolute atomic E-state index is 12.1. The van der Waals surface area contributed by atoms with Crippen molar-refractivity contribution in [1.82, 2.24) is 0 Å². The molecule has 0 aliphatic heterocycles. The van der Waals surface area contributed by atoms with Gasteiger partial charge in [0.05, 0.1) is 0 Å². The second-order valence-corrected chi connectivity index (χ2v) is 5.48. The zero-order chi connectivity index (χ0) is 13.8. The zero-order valence-corrected chi connectivity index (χ0v) is 12.8. The third kappa shape index (κ3) is 3.47. The van der Waals surface area contributed by atoms with E-state index in [9.17, 15) is 4.79 Å². The molecule has 0 saturated carbocycles. The van der Waals surface area contributed by atoms with Crippen LogP contribution >= 0.6 is 39.1 Å². The first kappa shape index (κ1) is 14.3. The van der Waals surface area contributed by atoms with Crippen molar-refractivity contribution in [3.05, 3.63) is 74.2 Å². The van der Waals surface area contributed by atoms with Gasteiger partial charge in [0.25, 0.3) is 0 Å². The van der Waals surface area contributed by atoms with Gasteiger partial charge >= 0.3 is 0 Å². The van der Waals surface area contributed by atoms with E-state index in [4.69, 9.17) is 23.2 Å². The van der Waals surface area contributed by atoms with Gasteiger partial charge in [0, 0.05) is 25.6 Å². The van der Waals surface area contributed by atoms with Crippen molar-refractivity contribution in [3.8, 4) is 0 Å². The summed E-state index contributed by atoms with van der Waals surface area (Å²) in [7, 11) is 0. The Balaban J connectivity index is 2.29. The van der Waals surface area contributed by atoms with E-state index in [-0.39, 0.29) is 5.78 Å². The molecular weight excluding hydrogens is 347 g/mol.